The van der Waals surface area contributed by atoms with Crippen molar-refractivity contribution in [3.05, 3.63) is 65.7 Å². The molecule has 1 atom stereocenters. The smallest absolute Gasteiger partial charge is 0.123 e. The Morgan fingerprint density at radius 2 is 1.94 bits per heavy atom. The quantitative estimate of drug-likeness (QED) is 0.624. The number of nitrogens with two attached hydrogens (primary N) is 1. The fourth-order valence-corrected chi connectivity index (χ4v) is 1.69. The molecule has 88 valence electrons. The molecule has 0 saturated carbocycles. The normalized spacial score (nSPS) is 12.4. The number of rotatable bonds is 4. The van der Waals surface area contributed by atoms with Crippen LogP contribution in [0.2, 0.25) is 0 Å². The molecule has 0 amide bonds. The second-order valence-electron chi connectivity index (χ2n) is 3.80. The zero-order valence-corrected chi connectivity index (χ0v) is 9.31. The van der Waals surface area contributed by atoms with Crippen molar-refractivity contribution >= 4 is 0 Å². The van der Waals surface area contributed by atoms with Crippen LogP contribution < -0.4 is 11.3 Å². The summed E-state index contributed by atoms with van der Waals surface area (Å²) in [7, 11) is 0. The van der Waals surface area contributed by atoms with Crippen molar-refractivity contribution in [3.63, 3.8) is 0 Å². The number of nitrogens with one attached hydrogen (secondary N) is 1. The predicted octanol–water partition coefficient (Wildman–Crippen LogP) is 1.97. The maximum atomic E-state index is 12.8. The number of pyridine rings is 1. The van der Waals surface area contributed by atoms with E-state index in [4.69, 9.17) is 5.84 Å². The third-order valence-corrected chi connectivity index (χ3v) is 2.60. The van der Waals surface area contributed by atoms with Crippen LogP contribution in [0.25, 0.3) is 0 Å². The van der Waals surface area contributed by atoms with E-state index in [1.54, 1.807) is 18.3 Å². The molecule has 17 heavy (non-hydrogen) atoms. The number of nitrogens with zero attached hydrogens (tertiary/aromatic N) is 1. The number of benzene rings is 1. The first-order valence-electron chi connectivity index (χ1n) is 5.41. The summed E-state index contributed by atoms with van der Waals surface area (Å²) in [5, 5.41) is 0. The number of hydrogen-bond acceptors (Lipinski definition) is 3. The van der Waals surface area contributed by atoms with Gasteiger partial charge in [0.2, 0.25) is 0 Å². The molecule has 0 radical (unpaired) electrons. The van der Waals surface area contributed by atoms with Crippen LogP contribution in [0.4, 0.5) is 4.39 Å². The molecule has 1 aromatic carbocycles. The van der Waals surface area contributed by atoms with E-state index in [1.807, 2.05) is 18.2 Å². The van der Waals surface area contributed by atoms with Gasteiger partial charge >= 0.3 is 0 Å². The summed E-state index contributed by atoms with van der Waals surface area (Å²) < 4.78 is 12.8. The molecule has 2 rings (SSSR count). The Kier molecular flexibility index (Phi) is 3.80. The Hall–Kier alpha value is -1.78. The van der Waals surface area contributed by atoms with E-state index < -0.39 is 0 Å². The summed E-state index contributed by atoms with van der Waals surface area (Å²) >= 11 is 0. The van der Waals surface area contributed by atoms with Crippen LogP contribution in [-0.2, 0) is 6.42 Å². The fraction of sp³-hybridized carbons (Fsp3) is 0.154. The monoisotopic (exact) mass is 231 g/mol. The molecule has 4 heteroatoms. The van der Waals surface area contributed by atoms with Gasteiger partial charge in [-0.05, 0) is 36.2 Å². The second kappa shape index (κ2) is 5.52. The predicted molar refractivity (Wildman–Crippen MR) is 64.4 cm³/mol. The molecule has 3 N–H and O–H groups in total. The summed E-state index contributed by atoms with van der Waals surface area (Å²) in [4.78, 5) is 4.25. The molecule has 2 aromatic rings. The summed E-state index contributed by atoms with van der Waals surface area (Å²) in [6, 6.07) is 12.0. The first kappa shape index (κ1) is 11.7. The Morgan fingerprint density at radius 1 is 1.18 bits per heavy atom. The summed E-state index contributed by atoms with van der Waals surface area (Å²) in [6.07, 6.45) is 2.40. The van der Waals surface area contributed by atoms with Gasteiger partial charge in [0.1, 0.15) is 5.82 Å². The topological polar surface area (TPSA) is 50.9 Å². The molecule has 1 heterocycles. The fourth-order valence-electron chi connectivity index (χ4n) is 1.69. The Bertz CT molecular complexity index is 456. The average Bonchev–Trinajstić information content (AvgIpc) is 2.39. The molecule has 0 bridgehead atoms. The number of aromatic nitrogens is 1. The molecule has 0 aliphatic carbocycles. The highest BCUT2D eigenvalue weighted by Crippen LogP contribution is 2.15. The molecule has 0 fully saturated rings. The third-order valence-electron chi connectivity index (χ3n) is 2.60. The molecule has 0 aliphatic rings. The van der Waals surface area contributed by atoms with Gasteiger partial charge in [0.15, 0.2) is 0 Å². The highest BCUT2D eigenvalue weighted by atomic mass is 19.1. The molecular weight excluding hydrogens is 217 g/mol. The summed E-state index contributed by atoms with van der Waals surface area (Å²) in [5.74, 6) is 5.29. The SMILES string of the molecule is NNC(Cc1ccc(F)cc1)c1ccccn1. The van der Waals surface area contributed by atoms with E-state index >= 15 is 0 Å². The van der Waals surface area contributed by atoms with Crippen molar-refractivity contribution in [2.24, 2.45) is 5.84 Å². The lowest BCUT2D eigenvalue weighted by molar-refractivity contribution is 0.537. The lowest BCUT2D eigenvalue weighted by atomic mass is 10.0. The molecular formula is C13H14FN3. The lowest BCUT2D eigenvalue weighted by Crippen LogP contribution is -2.30. The van der Waals surface area contributed by atoms with Gasteiger partial charge in [0.05, 0.1) is 11.7 Å². The van der Waals surface area contributed by atoms with Crippen molar-refractivity contribution in [2.45, 2.75) is 12.5 Å². The van der Waals surface area contributed by atoms with Crippen molar-refractivity contribution < 1.29 is 4.39 Å². The van der Waals surface area contributed by atoms with Crippen LogP contribution in [0.1, 0.15) is 17.3 Å². The van der Waals surface area contributed by atoms with Gasteiger partial charge in [-0.2, -0.15) is 0 Å². The average molecular weight is 231 g/mol. The highest BCUT2D eigenvalue weighted by Gasteiger charge is 2.11. The van der Waals surface area contributed by atoms with Crippen LogP contribution in [0.3, 0.4) is 0 Å². The van der Waals surface area contributed by atoms with Gasteiger partial charge in [0.25, 0.3) is 0 Å². The zero-order valence-electron chi connectivity index (χ0n) is 9.31. The van der Waals surface area contributed by atoms with Crippen molar-refractivity contribution in [3.8, 4) is 0 Å². The van der Waals surface area contributed by atoms with Crippen molar-refractivity contribution in [1.82, 2.24) is 10.4 Å². The van der Waals surface area contributed by atoms with E-state index in [1.165, 1.54) is 12.1 Å². The lowest BCUT2D eigenvalue weighted by Gasteiger charge is -2.15. The number of hydrogen-bond donors (Lipinski definition) is 2. The molecule has 0 aliphatic heterocycles. The Balaban J connectivity index is 2.13. The first-order chi connectivity index (χ1) is 8.29. The van der Waals surface area contributed by atoms with Gasteiger partial charge in [0, 0.05) is 6.20 Å². The molecule has 0 spiro atoms. The van der Waals surface area contributed by atoms with Gasteiger partial charge < -0.3 is 0 Å². The third kappa shape index (κ3) is 3.09. The highest BCUT2D eigenvalue weighted by molar-refractivity contribution is 5.20. The van der Waals surface area contributed by atoms with Crippen molar-refractivity contribution in [1.29, 1.82) is 0 Å². The standard InChI is InChI=1S/C13H14FN3/c14-11-6-4-10(5-7-11)9-13(17-15)12-3-1-2-8-16-12/h1-8,13,17H,9,15H2. The Labute approximate surface area is 99.5 Å². The minimum absolute atomic E-state index is 0.0679. The number of halogens is 1. The first-order valence-corrected chi connectivity index (χ1v) is 5.41. The zero-order chi connectivity index (χ0) is 12.1. The molecule has 1 unspecified atom stereocenters. The van der Waals surface area contributed by atoms with E-state index in [2.05, 4.69) is 10.4 Å². The van der Waals surface area contributed by atoms with E-state index in [0.717, 1.165) is 11.3 Å². The maximum Gasteiger partial charge on any atom is 0.123 e. The van der Waals surface area contributed by atoms with Crippen LogP contribution in [0.15, 0.2) is 48.7 Å². The summed E-state index contributed by atoms with van der Waals surface area (Å²) in [5.41, 5.74) is 4.61. The van der Waals surface area contributed by atoms with Crippen LogP contribution in [-0.4, -0.2) is 4.98 Å². The van der Waals surface area contributed by atoms with E-state index in [9.17, 15) is 4.39 Å². The minimum atomic E-state index is -0.233. The van der Waals surface area contributed by atoms with Crippen LogP contribution >= 0.6 is 0 Å². The molecule has 1 aromatic heterocycles. The van der Waals surface area contributed by atoms with Gasteiger partial charge in [-0.3, -0.25) is 16.3 Å². The van der Waals surface area contributed by atoms with Crippen LogP contribution in [0.5, 0.6) is 0 Å². The van der Waals surface area contributed by atoms with Gasteiger partial charge in [-0.15, -0.1) is 0 Å². The largest absolute Gasteiger partial charge is 0.271 e. The number of hydrazine groups is 1. The van der Waals surface area contributed by atoms with E-state index in [0.29, 0.717) is 6.42 Å². The molecule has 3 nitrogen and oxygen atoms in total. The summed E-state index contributed by atoms with van der Waals surface area (Å²) in [6.45, 7) is 0. The minimum Gasteiger partial charge on any atom is -0.271 e. The van der Waals surface area contributed by atoms with Gasteiger partial charge in [-0.1, -0.05) is 18.2 Å². The molecule has 0 saturated heterocycles. The van der Waals surface area contributed by atoms with E-state index in [-0.39, 0.29) is 11.9 Å². The maximum absolute atomic E-state index is 12.8. The van der Waals surface area contributed by atoms with Crippen LogP contribution in [0, 0.1) is 5.82 Å². The Morgan fingerprint density at radius 3 is 2.53 bits per heavy atom. The van der Waals surface area contributed by atoms with Crippen molar-refractivity contribution in [2.75, 3.05) is 0 Å². The second-order valence-corrected chi connectivity index (χ2v) is 3.80. The van der Waals surface area contributed by atoms with Gasteiger partial charge in [-0.25, -0.2) is 4.39 Å².